The fourth-order valence-corrected chi connectivity index (χ4v) is 4.58. The molecule has 1 unspecified atom stereocenters. The van der Waals surface area contributed by atoms with E-state index in [1.54, 1.807) is 0 Å². The standard InChI is InChI=1S/C23H30N4O7/c1-13(34-23(31)24-2)20(28)26-16-10-12-33-19-8-7-17(27(19)22(16)30)21(29)25-15-9-11-32-18-6-4-3-5-14(15)18/h3-6,13,15-17,19H,7-12H2,1-2H3,(H,24,31)(H,25,29)(H,26,28)/t13?,15-,16+,17-,19+/m1/s1. The lowest BCUT2D eigenvalue weighted by Gasteiger charge is -2.32. The van der Waals surface area contributed by atoms with Crippen LogP contribution in [0, 0.1) is 0 Å². The minimum atomic E-state index is -1.08. The van der Waals surface area contributed by atoms with Crippen molar-refractivity contribution in [3.05, 3.63) is 29.8 Å². The Labute approximate surface area is 197 Å². The Morgan fingerprint density at radius 2 is 1.82 bits per heavy atom. The zero-order chi connectivity index (χ0) is 24.2. The first kappa shape index (κ1) is 23.8. The molecule has 2 saturated heterocycles. The number of ether oxygens (including phenoxy) is 3. The Hall–Kier alpha value is -3.34. The van der Waals surface area contributed by atoms with Gasteiger partial charge < -0.3 is 35.1 Å². The van der Waals surface area contributed by atoms with E-state index in [4.69, 9.17) is 14.2 Å². The van der Waals surface area contributed by atoms with Crippen molar-refractivity contribution in [1.29, 1.82) is 0 Å². The van der Waals surface area contributed by atoms with Crippen molar-refractivity contribution in [3.8, 4) is 5.75 Å². The lowest BCUT2D eigenvalue weighted by molar-refractivity contribution is -0.149. The molecule has 0 aliphatic carbocycles. The quantitative estimate of drug-likeness (QED) is 0.569. The third-order valence-electron chi connectivity index (χ3n) is 6.35. The maximum absolute atomic E-state index is 13.4. The van der Waals surface area contributed by atoms with E-state index in [1.165, 1.54) is 18.9 Å². The highest BCUT2D eigenvalue weighted by Crippen LogP contribution is 2.33. The molecule has 4 rings (SSSR count). The van der Waals surface area contributed by atoms with E-state index < -0.39 is 36.4 Å². The topological polar surface area (TPSA) is 135 Å². The lowest BCUT2D eigenvalue weighted by Crippen LogP contribution is -2.56. The van der Waals surface area contributed by atoms with Gasteiger partial charge in [0.2, 0.25) is 11.8 Å². The Bertz CT molecular complexity index is 955. The molecule has 11 heteroatoms. The van der Waals surface area contributed by atoms with Crippen molar-refractivity contribution in [2.75, 3.05) is 20.3 Å². The number of hydrogen-bond donors (Lipinski definition) is 3. The number of nitrogens with one attached hydrogen (secondary N) is 3. The number of alkyl carbamates (subject to hydrolysis) is 1. The first-order valence-corrected chi connectivity index (χ1v) is 11.5. The molecule has 0 aromatic heterocycles. The highest BCUT2D eigenvalue weighted by molar-refractivity contribution is 5.94. The Morgan fingerprint density at radius 3 is 2.62 bits per heavy atom. The average Bonchev–Trinajstić information content (AvgIpc) is 3.20. The predicted molar refractivity (Wildman–Crippen MR) is 119 cm³/mol. The third kappa shape index (κ3) is 4.93. The van der Waals surface area contributed by atoms with Gasteiger partial charge in [0.25, 0.3) is 5.91 Å². The number of carbonyl (C=O) groups excluding carboxylic acids is 4. The summed E-state index contributed by atoms with van der Waals surface area (Å²) in [6.45, 7) is 2.17. The zero-order valence-electron chi connectivity index (χ0n) is 19.2. The molecule has 11 nitrogen and oxygen atoms in total. The van der Waals surface area contributed by atoms with E-state index in [2.05, 4.69) is 16.0 Å². The largest absolute Gasteiger partial charge is 0.493 e. The monoisotopic (exact) mass is 474 g/mol. The van der Waals surface area contributed by atoms with E-state index in [0.717, 1.165) is 11.3 Å². The van der Waals surface area contributed by atoms with Gasteiger partial charge in [-0.05, 0) is 25.8 Å². The van der Waals surface area contributed by atoms with Gasteiger partial charge in [0.05, 0.1) is 19.3 Å². The summed E-state index contributed by atoms with van der Waals surface area (Å²) >= 11 is 0. The molecule has 0 bridgehead atoms. The SMILES string of the molecule is CNC(=O)OC(C)C(=O)N[C@H]1CCO[C@H]2CC[C@H](C(=O)N[C@@H]3CCOc4ccccc43)N2C1=O. The van der Waals surface area contributed by atoms with Gasteiger partial charge in [-0.25, -0.2) is 4.79 Å². The van der Waals surface area contributed by atoms with Crippen LogP contribution in [0.1, 0.15) is 44.2 Å². The summed E-state index contributed by atoms with van der Waals surface area (Å²) in [5.41, 5.74) is 0.908. The van der Waals surface area contributed by atoms with Crippen LogP contribution in [0.15, 0.2) is 24.3 Å². The first-order chi connectivity index (χ1) is 16.4. The minimum Gasteiger partial charge on any atom is -0.493 e. The zero-order valence-corrected chi connectivity index (χ0v) is 19.2. The number of rotatable bonds is 5. The predicted octanol–water partition coefficient (Wildman–Crippen LogP) is 0.593. The van der Waals surface area contributed by atoms with E-state index in [0.29, 0.717) is 25.9 Å². The van der Waals surface area contributed by atoms with Gasteiger partial charge in [-0.2, -0.15) is 0 Å². The van der Waals surface area contributed by atoms with Crippen LogP contribution < -0.4 is 20.7 Å². The molecule has 3 N–H and O–H groups in total. The molecule has 1 aromatic rings. The Morgan fingerprint density at radius 1 is 1.06 bits per heavy atom. The van der Waals surface area contributed by atoms with Gasteiger partial charge in [-0.1, -0.05) is 18.2 Å². The summed E-state index contributed by atoms with van der Waals surface area (Å²) in [5, 5.41) is 7.99. The van der Waals surface area contributed by atoms with E-state index in [-0.39, 0.29) is 30.9 Å². The molecule has 184 valence electrons. The number of nitrogens with zero attached hydrogens (tertiary/aromatic N) is 1. The van der Waals surface area contributed by atoms with Crippen molar-refractivity contribution in [2.24, 2.45) is 0 Å². The van der Waals surface area contributed by atoms with Gasteiger partial charge in [0, 0.05) is 25.5 Å². The first-order valence-electron chi connectivity index (χ1n) is 11.5. The van der Waals surface area contributed by atoms with Crippen LogP contribution >= 0.6 is 0 Å². The van der Waals surface area contributed by atoms with Crippen molar-refractivity contribution in [1.82, 2.24) is 20.9 Å². The molecule has 0 saturated carbocycles. The summed E-state index contributed by atoms with van der Waals surface area (Å²) in [4.78, 5) is 52.0. The highest BCUT2D eigenvalue weighted by Gasteiger charge is 2.46. The van der Waals surface area contributed by atoms with Gasteiger partial charge in [0.15, 0.2) is 6.10 Å². The number of benzene rings is 1. The van der Waals surface area contributed by atoms with E-state index >= 15 is 0 Å². The molecular formula is C23H30N4O7. The highest BCUT2D eigenvalue weighted by atomic mass is 16.6. The Balaban J connectivity index is 1.44. The van der Waals surface area contributed by atoms with Crippen LogP contribution in [0.3, 0.4) is 0 Å². The third-order valence-corrected chi connectivity index (χ3v) is 6.35. The van der Waals surface area contributed by atoms with Crippen LogP contribution in [-0.2, 0) is 23.9 Å². The summed E-state index contributed by atoms with van der Waals surface area (Å²) in [6, 6.07) is 5.77. The number of amides is 4. The fraction of sp³-hybridized carbons (Fsp3) is 0.565. The second-order valence-electron chi connectivity index (χ2n) is 8.55. The summed E-state index contributed by atoms with van der Waals surface area (Å²) in [5.74, 6) is -0.495. The van der Waals surface area contributed by atoms with Crippen molar-refractivity contribution in [3.63, 3.8) is 0 Å². The second kappa shape index (κ2) is 10.3. The average molecular weight is 475 g/mol. The number of carbonyl (C=O) groups is 4. The van der Waals surface area contributed by atoms with Crippen LogP contribution in [0.2, 0.25) is 0 Å². The molecule has 34 heavy (non-hydrogen) atoms. The molecule has 0 spiro atoms. The lowest BCUT2D eigenvalue weighted by atomic mass is 10.00. The molecule has 5 atom stereocenters. The summed E-state index contributed by atoms with van der Waals surface area (Å²) in [6.07, 6.45) is -0.471. The maximum atomic E-state index is 13.4. The summed E-state index contributed by atoms with van der Waals surface area (Å²) in [7, 11) is 1.39. The number of hydrogen-bond acceptors (Lipinski definition) is 7. The molecule has 3 aliphatic heterocycles. The van der Waals surface area contributed by atoms with Gasteiger partial charge >= 0.3 is 6.09 Å². The van der Waals surface area contributed by atoms with Crippen molar-refractivity contribution < 1.29 is 33.4 Å². The second-order valence-corrected chi connectivity index (χ2v) is 8.55. The molecule has 3 heterocycles. The normalized spacial score (nSPS) is 26.8. The smallest absolute Gasteiger partial charge is 0.407 e. The minimum absolute atomic E-state index is 0.210. The number of fused-ring (bicyclic) bond motifs is 2. The molecule has 4 amide bonds. The van der Waals surface area contributed by atoms with Crippen LogP contribution in [-0.4, -0.2) is 73.4 Å². The Kier molecular flexibility index (Phi) is 7.20. The van der Waals surface area contributed by atoms with E-state index in [9.17, 15) is 19.2 Å². The van der Waals surface area contributed by atoms with Crippen LogP contribution in [0.5, 0.6) is 5.75 Å². The van der Waals surface area contributed by atoms with Gasteiger partial charge in [-0.15, -0.1) is 0 Å². The van der Waals surface area contributed by atoms with Crippen molar-refractivity contribution >= 4 is 23.8 Å². The van der Waals surface area contributed by atoms with Crippen molar-refractivity contribution in [2.45, 2.75) is 63.1 Å². The van der Waals surface area contributed by atoms with Gasteiger partial charge in [-0.3, -0.25) is 14.4 Å². The molecular weight excluding hydrogens is 444 g/mol. The van der Waals surface area contributed by atoms with Crippen LogP contribution in [0.25, 0.3) is 0 Å². The molecule has 0 radical (unpaired) electrons. The van der Waals surface area contributed by atoms with Gasteiger partial charge in [0.1, 0.15) is 24.1 Å². The molecule has 1 aromatic carbocycles. The molecule has 2 fully saturated rings. The molecule has 3 aliphatic rings. The summed E-state index contributed by atoms with van der Waals surface area (Å²) < 4.78 is 16.4. The number of para-hydroxylation sites is 1. The fourth-order valence-electron chi connectivity index (χ4n) is 4.58. The maximum Gasteiger partial charge on any atom is 0.407 e. The van der Waals surface area contributed by atoms with E-state index in [1.807, 2.05) is 24.3 Å². The van der Waals surface area contributed by atoms with Crippen LogP contribution in [0.4, 0.5) is 4.79 Å².